The van der Waals surface area contributed by atoms with Gasteiger partial charge in [-0.2, -0.15) is 0 Å². The number of amides is 1. The number of nitrogens with zero attached hydrogens (tertiary/aromatic N) is 1. The van der Waals surface area contributed by atoms with Gasteiger partial charge in [0.15, 0.2) is 11.5 Å². The smallest absolute Gasteiger partial charge is 0.273 e. The van der Waals surface area contributed by atoms with Crippen molar-refractivity contribution in [2.24, 2.45) is 5.92 Å². The van der Waals surface area contributed by atoms with Crippen LogP contribution in [0.15, 0.2) is 28.1 Å². The fraction of sp³-hybridized carbons (Fsp3) is 0.429. The first-order valence-corrected chi connectivity index (χ1v) is 7.50. The van der Waals surface area contributed by atoms with Crippen LogP contribution in [0.5, 0.6) is 0 Å². The van der Waals surface area contributed by atoms with Gasteiger partial charge in [-0.15, -0.1) is 11.3 Å². The lowest BCUT2D eigenvalue weighted by molar-refractivity contribution is 0.0940. The number of hydrogen-bond donors (Lipinski definition) is 2. The minimum atomic E-state index is -0.188. The second-order valence-electron chi connectivity index (χ2n) is 4.97. The zero-order chi connectivity index (χ0) is 14.4. The number of carbonyl (C=O) groups is 1. The van der Waals surface area contributed by atoms with Gasteiger partial charge in [0.2, 0.25) is 0 Å². The Morgan fingerprint density at radius 2 is 2.30 bits per heavy atom. The second kappa shape index (κ2) is 7.21. The summed E-state index contributed by atoms with van der Waals surface area (Å²) >= 11 is 1.70. The molecule has 0 atom stereocenters. The van der Waals surface area contributed by atoms with E-state index in [4.69, 9.17) is 4.52 Å². The maximum absolute atomic E-state index is 11.8. The predicted molar refractivity (Wildman–Crippen MR) is 78.5 cm³/mol. The summed E-state index contributed by atoms with van der Waals surface area (Å²) in [5.74, 6) is 0.890. The second-order valence-corrected chi connectivity index (χ2v) is 6.00. The van der Waals surface area contributed by atoms with E-state index in [-0.39, 0.29) is 5.91 Å². The van der Waals surface area contributed by atoms with Gasteiger partial charge in [-0.25, -0.2) is 0 Å². The molecule has 5 nitrogen and oxygen atoms in total. The van der Waals surface area contributed by atoms with Crippen molar-refractivity contribution in [3.05, 3.63) is 39.9 Å². The average Bonchev–Trinajstić information content (AvgIpc) is 3.07. The molecule has 0 unspecified atom stereocenters. The average molecular weight is 293 g/mol. The van der Waals surface area contributed by atoms with Crippen molar-refractivity contribution in [1.29, 1.82) is 0 Å². The molecule has 0 saturated carbocycles. The van der Waals surface area contributed by atoms with Gasteiger partial charge < -0.3 is 15.2 Å². The minimum Gasteiger partial charge on any atom is -0.359 e. The molecule has 0 saturated heterocycles. The maximum Gasteiger partial charge on any atom is 0.273 e. The van der Waals surface area contributed by atoms with Crippen LogP contribution in [-0.2, 0) is 13.1 Å². The molecule has 6 heteroatoms. The molecular weight excluding hydrogens is 274 g/mol. The van der Waals surface area contributed by atoms with E-state index in [1.54, 1.807) is 17.4 Å². The summed E-state index contributed by atoms with van der Waals surface area (Å²) in [6, 6.07) is 5.77. The van der Waals surface area contributed by atoms with Crippen LogP contribution in [0.2, 0.25) is 0 Å². The summed E-state index contributed by atoms with van der Waals surface area (Å²) in [5, 5.41) is 11.9. The first-order valence-electron chi connectivity index (χ1n) is 6.62. The molecule has 2 heterocycles. The quantitative estimate of drug-likeness (QED) is 0.822. The fourth-order valence-electron chi connectivity index (χ4n) is 1.61. The zero-order valence-electron chi connectivity index (χ0n) is 11.7. The summed E-state index contributed by atoms with van der Waals surface area (Å²) < 4.78 is 5.14. The minimum absolute atomic E-state index is 0.188. The molecule has 0 aromatic carbocycles. The molecule has 108 valence electrons. The highest BCUT2D eigenvalue weighted by atomic mass is 32.1. The predicted octanol–water partition coefficient (Wildman–Crippen LogP) is 2.41. The monoisotopic (exact) mass is 293 g/mol. The van der Waals surface area contributed by atoms with Crippen molar-refractivity contribution in [2.75, 3.05) is 6.54 Å². The number of nitrogens with one attached hydrogen (secondary N) is 2. The standard InChI is InChI=1S/C14H19N3O2S/c1-10(2)7-16-14(18)13-6-11(19-17-13)8-15-9-12-4-3-5-20-12/h3-6,10,15H,7-9H2,1-2H3,(H,16,18). The van der Waals surface area contributed by atoms with Crippen LogP contribution < -0.4 is 10.6 Å². The van der Waals surface area contributed by atoms with E-state index in [9.17, 15) is 4.79 Å². The van der Waals surface area contributed by atoms with Gasteiger partial charge in [-0.1, -0.05) is 25.1 Å². The van der Waals surface area contributed by atoms with Crippen molar-refractivity contribution in [3.63, 3.8) is 0 Å². The molecule has 2 aromatic rings. The van der Waals surface area contributed by atoms with E-state index in [1.165, 1.54) is 4.88 Å². The van der Waals surface area contributed by atoms with Crippen LogP contribution in [0, 0.1) is 5.92 Å². The summed E-state index contributed by atoms with van der Waals surface area (Å²) in [6.07, 6.45) is 0. The first-order chi connectivity index (χ1) is 9.65. The highest BCUT2D eigenvalue weighted by Crippen LogP contribution is 2.08. The molecule has 0 aliphatic rings. The summed E-state index contributed by atoms with van der Waals surface area (Å²) in [6.45, 7) is 6.07. The topological polar surface area (TPSA) is 67.2 Å². The molecule has 0 bridgehead atoms. The SMILES string of the molecule is CC(C)CNC(=O)c1cc(CNCc2cccs2)on1. The highest BCUT2D eigenvalue weighted by molar-refractivity contribution is 7.09. The molecule has 0 aliphatic heterocycles. The fourth-order valence-corrected chi connectivity index (χ4v) is 2.29. The van der Waals surface area contributed by atoms with Crippen LogP contribution in [0.25, 0.3) is 0 Å². The van der Waals surface area contributed by atoms with Gasteiger partial charge in [0.05, 0.1) is 6.54 Å². The Balaban J connectivity index is 1.78. The van der Waals surface area contributed by atoms with Gasteiger partial charge in [-0.3, -0.25) is 4.79 Å². The Hall–Kier alpha value is -1.66. The number of rotatable bonds is 7. The Morgan fingerprint density at radius 3 is 3.00 bits per heavy atom. The molecule has 1 amide bonds. The number of thiophene rings is 1. The Kier molecular flexibility index (Phi) is 5.31. The van der Waals surface area contributed by atoms with E-state index in [2.05, 4.69) is 21.9 Å². The van der Waals surface area contributed by atoms with Crippen LogP contribution in [-0.4, -0.2) is 17.6 Å². The highest BCUT2D eigenvalue weighted by Gasteiger charge is 2.12. The van der Waals surface area contributed by atoms with Crippen LogP contribution in [0.1, 0.15) is 35.0 Å². The third-order valence-electron chi connectivity index (χ3n) is 2.64. The van der Waals surface area contributed by atoms with Crippen molar-refractivity contribution >= 4 is 17.2 Å². The lowest BCUT2D eigenvalue weighted by atomic mass is 10.2. The van der Waals surface area contributed by atoms with Gasteiger partial charge in [-0.05, 0) is 17.4 Å². The van der Waals surface area contributed by atoms with Crippen LogP contribution >= 0.6 is 11.3 Å². The molecule has 0 radical (unpaired) electrons. The largest absolute Gasteiger partial charge is 0.359 e. The van der Waals surface area contributed by atoms with E-state index in [1.807, 2.05) is 25.3 Å². The number of hydrogen-bond acceptors (Lipinski definition) is 5. The lowest BCUT2D eigenvalue weighted by Crippen LogP contribution is -2.27. The molecule has 20 heavy (non-hydrogen) atoms. The third kappa shape index (κ3) is 4.47. The molecule has 2 N–H and O–H groups in total. The molecule has 0 spiro atoms. The normalized spacial score (nSPS) is 10.9. The van der Waals surface area contributed by atoms with E-state index < -0.39 is 0 Å². The van der Waals surface area contributed by atoms with Crippen molar-refractivity contribution in [1.82, 2.24) is 15.8 Å². The molecular formula is C14H19N3O2S. The third-order valence-corrected chi connectivity index (χ3v) is 3.52. The van der Waals surface area contributed by atoms with Gasteiger partial charge >= 0.3 is 0 Å². The number of carbonyl (C=O) groups excluding carboxylic acids is 1. The van der Waals surface area contributed by atoms with Gasteiger partial charge in [0.25, 0.3) is 5.91 Å². The Labute approximate surface area is 122 Å². The molecule has 0 aliphatic carbocycles. The Bertz CT molecular complexity index is 534. The van der Waals surface area contributed by atoms with Crippen molar-refractivity contribution < 1.29 is 9.32 Å². The van der Waals surface area contributed by atoms with Crippen molar-refractivity contribution in [2.45, 2.75) is 26.9 Å². The summed E-state index contributed by atoms with van der Waals surface area (Å²) in [5.41, 5.74) is 0.332. The summed E-state index contributed by atoms with van der Waals surface area (Å²) in [7, 11) is 0. The van der Waals surface area contributed by atoms with Gasteiger partial charge in [0.1, 0.15) is 0 Å². The lowest BCUT2D eigenvalue weighted by Gasteiger charge is -2.04. The molecule has 2 rings (SSSR count). The van der Waals surface area contributed by atoms with Crippen molar-refractivity contribution in [3.8, 4) is 0 Å². The Morgan fingerprint density at radius 1 is 1.45 bits per heavy atom. The zero-order valence-corrected chi connectivity index (χ0v) is 12.5. The van der Waals surface area contributed by atoms with E-state index in [0.717, 1.165) is 6.54 Å². The number of aromatic nitrogens is 1. The van der Waals surface area contributed by atoms with Crippen LogP contribution in [0.4, 0.5) is 0 Å². The maximum atomic E-state index is 11.8. The molecule has 0 fully saturated rings. The van der Waals surface area contributed by atoms with Crippen LogP contribution in [0.3, 0.4) is 0 Å². The van der Waals surface area contributed by atoms with E-state index in [0.29, 0.717) is 30.5 Å². The van der Waals surface area contributed by atoms with E-state index >= 15 is 0 Å². The summed E-state index contributed by atoms with van der Waals surface area (Å²) in [4.78, 5) is 13.0. The van der Waals surface area contributed by atoms with Gasteiger partial charge in [0, 0.05) is 24.0 Å². The first kappa shape index (κ1) is 14.7. The molecule has 2 aromatic heterocycles.